The minimum Gasteiger partial charge on any atom is -0.497 e. The van der Waals surface area contributed by atoms with Crippen LogP contribution in [0.2, 0.25) is 0 Å². The van der Waals surface area contributed by atoms with Gasteiger partial charge in [0, 0.05) is 42.3 Å². The molecular formula is C40H34N2O4S3. The summed E-state index contributed by atoms with van der Waals surface area (Å²) in [5.74, 6) is 3.29. The van der Waals surface area contributed by atoms with E-state index in [0.717, 1.165) is 55.7 Å². The van der Waals surface area contributed by atoms with Gasteiger partial charge in [-0.3, -0.25) is 0 Å². The van der Waals surface area contributed by atoms with Gasteiger partial charge in [-0.15, -0.1) is 34.0 Å². The number of nitrogens with zero attached hydrogens (tertiary/aromatic N) is 2. The van der Waals surface area contributed by atoms with Crippen LogP contribution in [0.25, 0.3) is 19.5 Å². The number of ether oxygens (including phenoxy) is 4. The van der Waals surface area contributed by atoms with Gasteiger partial charge in [-0.05, 0) is 133 Å². The van der Waals surface area contributed by atoms with Gasteiger partial charge in [-0.1, -0.05) is 0 Å². The van der Waals surface area contributed by atoms with Crippen LogP contribution in [0.4, 0.5) is 32.8 Å². The van der Waals surface area contributed by atoms with E-state index in [1.54, 1.807) is 51.1 Å². The molecule has 246 valence electrons. The SMILES string of the molecule is COc1ccc(N(c2ccc(OC)cc2)c2ccc(-c3ccc(-c4ccc(N(c5ccc(OC)cc5)c5ccc(OC)cc5)s4)s3)s2)cc1. The summed E-state index contributed by atoms with van der Waals surface area (Å²) >= 11 is 5.35. The third-order valence-corrected chi connectivity index (χ3v) is 11.7. The minimum atomic E-state index is 0.823. The molecule has 0 saturated carbocycles. The van der Waals surface area contributed by atoms with Crippen LogP contribution in [0, 0.1) is 0 Å². The molecule has 0 bridgehead atoms. The van der Waals surface area contributed by atoms with Gasteiger partial charge >= 0.3 is 0 Å². The van der Waals surface area contributed by atoms with E-state index >= 15 is 0 Å². The summed E-state index contributed by atoms with van der Waals surface area (Å²) < 4.78 is 21.7. The summed E-state index contributed by atoms with van der Waals surface area (Å²) in [5, 5.41) is 2.24. The molecule has 0 aliphatic heterocycles. The summed E-state index contributed by atoms with van der Waals surface area (Å²) in [6.07, 6.45) is 0. The van der Waals surface area contributed by atoms with E-state index in [-0.39, 0.29) is 0 Å². The molecule has 0 aliphatic carbocycles. The summed E-state index contributed by atoms with van der Waals surface area (Å²) in [6, 6.07) is 45.9. The summed E-state index contributed by atoms with van der Waals surface area (Å²) in [4.78, 5) is 9.42. The number of hydrogen-bond acceptors (Lipinski definition) is 9. The molecule has 9 heteroatoms. The summed E-state index contributed by atoms with van der Waals surface area (Å²) in [5.41, 5.74) is 4.21. The molecule has 4 aromatic carbocycles. The fourth-order valence-corrected chi connectivity index (χ4v) is 8.78. The molecule has 0 aliphatic rings. The molecule has 0 unspecified atom stereocenters. The lowest BCUT2D eigenvalue weighted by atomic mass is 10.2. The zero-order valence-electron chi connectivity index (χ0n) is 27.5. The van der Waals surface area contributed by atoms with Crippen molar-refractivity contribution in [3.8, 4) is 42.5 Å². The van der Waals surface area contributed by atoms with E-state index < -0.39 is 0 Å². The third-order valence-electron chi connectivity index (χ3n) is 8.04. The Bertz CT molecular complexity index is 1870. The molecule has 0 spiro atoms. The van der Waals surface area contributed by atoms with E-state index in [4.69, 9.17) is 18.9 Å². The molecule has 0 N–H and O–H groups in total. The molecule has 7 aromatic rings. The van der Waals surface area contributed by atoms with E-state index in [1.165, 1.54) is 19.5 Å². The first-order valence-corrected chi connectivity index (χ1v) is 18.0. The number of thiophene rings is 3. The van der Waals surface area contributed by atoms with Crippen molar-refractivity contribution < 1.29 is 18.9 Å². The molecule has 6 nitrogen and oxygen atoms in total. The van der Waals surface area contributed by atoms with Gasteiger partial charge in [0.05, 0.1) is 28.4 Å². The smallest absolute Gasteiger partial charge is 0.119 e. The highest BCUT2D eigenvalue weighted by Gasteiger charge is 2.19. The second kappa shape index (κ2) is 14.5. The molecular weight excluding hydrogens is 669 g/mol. The zero-order valence-corrected chi connectivity index (χ0v) is 29.9. The van der Waals surface area contributed by atoms with Gasteiger partial charge in [0.1, 0.15) is 33.0 Å². The van der Waals surface area contributed by atoms with Gasteiger partial charge in [0.25, 0.3) is 0 Å². The van der Waals surface area contributed by atoms with Gasteiger partial charge in [0.15, 0.2) is 0 Å². The van der Waals surface area contributed by atoms with Crippen LogP contribution in [-0.4, -0.2) is 28.4 Å². The van der Waals surface area contributed by atoms with Crippen LogP contribution < -0.4 is 28.7 Å². The molecule has 0 atom stereocenters. The normalized spacial score (nSPS) is 10.9. The minimum absolute atomic E-state index is 0.823. The third kappa shape index (κ3) is 6.87. The van der Waals surface area contributed by atoms with E-state index in [0.29, 0.717) is 0 Å². The topological polar surface area (TPSA) is 43.4 Å². The van der Waals surface area contributed by atoms with Crippen LogP contribution >= 0.6 is 34.0 Å². The maximum Gasteiger partial charge on any atom is 0.119 e. The molecule has 3 aromatic heterocycles. The Balaban J connectivity index is 1.18. The molecule has 0 saturated heterocycles. The number of anilines is 6. The van der Waals surface area contributed by atoms with Gasteiger partial charge < -0.3 is 28.7 Å². The second-order valence-electron chi connectivity index (χ2n) is 10.9. The highest BCUT2D eigenvalue weighted by atomic mass is 32.1. The fraction of sp³-hybridized carbons (Fsp3) is 0.100. The number of rotatable bonds is 12. The molecule has 0 fully saturated rings. The maximum atomic E-state index is 5.43. The number of benzene rings is 4. The fourth-order valence-electron chi connectivity index (χ4n) is 5.50. The lowest BCUT2D eigenvalue weighted by molar-refractivity contribution is 0.414. The predicted molar refractivity (Wildman–Crippen MR) is 207 cm³/mol. The van der Waals surface area contributed by atoms with Crippen molar-refractivity contribution >= 4 is 66.8 Å². The molecule has 0 amide bonds. The monoisotopic (exact) mass is 702 g/mol. The van der Waals surface area contributed by atoms with Crippen LogP contribution in [0.1, 0.15) is 0 Å². The Kier molecular flexibility index (Phi) is 9.56. The second-order valence-corrected chi connectivity index (χ2v) is 14.1. The summed E-state index contributed by atoms with van der Waals surface area (Å²) in [7, 11) is 6.75. The quantitative estimate of drug-likeness (QED) is 0.126. The Labute approximate surface area is 298 Å². The van der Waals surface area contributed by atoms with E-state index in [1.807, 2.05) is 59.9 Å². The Morgan fingerprint density at radius 3 is 0.816 bits per heavy atom. The first kappa shape index (κ1) is 32.3. The van der Waals surface area contributed by atoms with E-state index in [2.05, 4.69) is 94.7 Å². The van der Waals surface area contributed by atoms with Gasteiger partial charge in [-0.2, -0.15) is 0 Å². The lowest BCUT2D eigenvalue weighted by Gasteiger charge is -2.24. The zero-order chi connectivity index (χ0) is 33.7. The van der Waals surface area contributed by atoms with Crippen molar-refractivity contribution in [3.05, 3.63) is 133 Å². The number of hydrogen-bond donors (Lipinski definition) is 0. The first-order valence-electron chi connectivity index (χ1n) is 15.5. The first-order chi connectivity index (χ1) is 24.1. The van der Waals surface area contributed by atoms with E-state index in [9.17, 15) is 0 Å². The molecule has 49 heavy (non-hydrogen) atoms. The highest BCUT2D eigenvalue weighted by molar-refractivity contribution is 7.28. The van der Waals surface area contributed by atoms with Crippen LogP contribution in [-0.2, 0) is 0 Å². The van der Waals surface area contributed by atoms with Crippen molar-refractivity contribution in [2.75, 3.05) is 38.2 Å². The van der Waals surface area contributed by atoms with Gasteiger partial charge in [-0.25, -0.2) is 0 Å². The average Bonchev–Trinajstić information content (AvgIpc) is 3.95. The van der Waals surface area contributed by atoms with Crippen molar-refractivity contribution in [1.82, 2.24) is 0 Å². The summed E-state index contributed by atoms with van der Waals surface area (Å²) in [6.45, 7) is 0. The lowest BCUT2D eigenvalue weighted by Crippen LogP contribution is -2.08. The average molecular weight is 703 g/mol. The Hall–Kier alpha value is -5.22. The van der Waals surface area contributed by atoms with Crippen molar-refractivity contribution in [2.24, 2.45) is 0 Å². The Morgan fingerprint density at radius 1 is 0.306 bits per heavy atom. The molecule has 3 heterocycles. The number of methoxy groups -OCH3 is 4. The highest BCUT2D eigenvalue weighted by Crippen LogP contribution is 2.47. The molecule has 0 radical (unpaired) electrons. The van der Waals surface area contributed by atoms with Crippen LogP contribution in [0.15, 0.2) is 133 Å². The predicted octanol–water partition coefficient (Wildman–Crippen LogP) is 12.2. The van der Waals surface area contributed by atoms with Crippen molar-refractivity contribution in [3.63, 3.8) is 0 Å². The Morgan fingerprint density at radius 2 is 0.551 bits per heavy atom. The van der Waals surface area contributed by atoms with Crippen LogP contribution in [0.3, 0.4) is 0 Å². The van der Waals surface area contributed by atoms with Crippen molar-refractivity contribution in [1.29, 1.82) is 0 Å². The van der Waals surface area contributed by atoms with Crippen LogP contribution in [0.5, 0.6) is 23.0 Å². The maximum absolute atomic E-state index is 5.43. The standard InChI is InChI=1S/C40H34N2O4S3/c1-43-31-13-5-27(6-14-31)41(28-7-15-32(44-2)16-8-28)39-25-23-37(48-39)35-21-22-36(47-35)38-24-26-40(49-38)42(29-9-17-33(45-3)18-10-29)30-11-19-34(46-4)20-12-30/h5-26H,1-4H3. The van der Waals surface area contributed by atoms with Crippen molar-refractivity contribution in [2.45, 2.75) is 0 Å². The molecule has 7 rings (SSSR count). The largest absolute Gasteiger partial charge is 0.497 e. The van der Waals surface area contributed by atoms with Gasteiger partial charge in [0.2, 0.25) is 0 Å².